The quantitative estimate of drug-likeness (QED) is 0.630. The van der Waals surface area contributed by atoms with Gasteiger partial charge in [-0.2, -0.15) is 8.42 Å². The van der Waals surface area contributed by atoms with Crippen molar-refractivity contribution in [3.8, 4) is 0 Å². The van der Waals surface area contributed by atoms with E-state index in [1.807, 2.05) is 0 Å². The molecule has 0 radical (unpaired) electrons. The molecule has 0 fully saturated rings. The molecule has 0 atom stereocenters. The average molecular weight is 198 g/mol. The maximum atomic E-state index is 9.92. The molecule has 0 aromatic heterocycles. The molecule has 0 bridgehead atoms. The minimum Gasteiger partial charge on any atom is -0.478 e. The molecule has 12 heavy (non-hydrogen) atoms. The van der Waals surface area contributed by atoms with Crippen LogP contribution in [-0.2, 0) is 23.6 Å². The van der Waals surface area contributed by atoms with Gasteiger partial charge in [-0.05, 0) is 0 Å². The van der Waals surface area contributed by atoms with Gasteiger partial charge in [0.05, 0.1) is 14.2 Å². The van der Waals surface area contributed by atoms with Gasteiger partial charge >= 0.3 is 16.4 Å². The molecule has 1 N–H and O–H groups in total. The Kier molecular flexibility index (Phi) is 7.70. The number of aliphatic carboxylic acids is 1. The van der Waals surface area contributed by atoms with E-state index in [0.717, 1.165) is 20.3 Å². The van der Waals surface area contributed by atoms with Gasteiger partial charge in [-0.15, -0.1) is 0 Å². The Morgan fingerprint density at radius 2 is 1.67 bits per heavy atom. The van der Waals surface area contributed by atoms with Crippen molar-refractivity contribution in [3.63, 3.8) is 0 Å². The van der Waals surface area contributed by atoms with E-state index in [9.17, 15) is 13.2 Å². The molecule has 0 aliphatic carbocycles. The van der Waals surface area contributed by atoms with Gasteiger partial charge in [0.25, 0.3) is 0 Å². The molecular weight excluding hydrogens is 188 g/mol. The number of hydrogen-bond acceptors (Lipinski definition) is 5. The molecule has 6 nitrogen and oxygen atoms in total. The zero-order valence-corrected chi connectivity index (χ0v) is 7.50. The highest BCUT2D eigenvalue weighted by Gasteiger charge is 2.01. The molecule has 72 valence electrons. The third-order valence-electron chi connectivity index (χ3n) is 0.583. The lowest BCUT2D eigenvalue weighted by Crippen LogP contribution is -2.02. The van der Waals surface area contributed by atoms with Crippen LogP contribution in [0.5, 0.6) is 0 Å². The van der Waals surface area contributed by atoms with Crippen molar-refractivity contribution in [2.24, 2.45) is 0 Å². The van der Waals surface area contributed by atoms with Crippen molar-refractivity contribution in [2.45, 2.75) is 0 Å². The number of rotatable bonds is 3. The summed E-state index contributed by atoms with van der Waals surface area (Å²) in [6.45, 7) is 2.96. The summed E-state index contributed by atoms with van der Waals surface area (Å²) in [4.78, 5) is 9.25. The largest absolute Gasteiger partial charge is 0.478 e. The summed E-state index contributed by atoms with van der Waals surface area (Å²) in [7, 11) is -1.60. The fraction of sp³-hybridized carbons (Fsp3) is 0.400. The van der Waals surface area contributed by atoms with E-state index in [1.54, 1.807) is 0 Å². The lowest BCUT2D eigenvalue weighted by atomic mass is 10.7. The molecule has 0 unspecified atom stereocenters. The van der Waals surface area contributed by atoms with Crippen molar-refractivity contribution in [2.75, 3.05) is 14.2 Å². The number of carboxylic acid groups (broad SMARTS) is 1. The van der Waals surface area contributed by atoms with Crippen molar-refractivity contribution >= 4 is 16.4 Å². The first-order chi connectivity index (χ1) is 5.39. The Hall–Kier alpha value is -0.920. The lowest BCUT2D eigenvalue weighted by Gasteiger charge is -1.91. The van der Waals surface area contributed by atoms with Crippen LogP contribution in [0.4, 0.5) is 0 Å². The van der Waals surface area contributed by atoms with Gasteiger partial charge in [0.2, 0.25) is 0 Å². The zero-order chi connectivity index (χ0) is 10.2. The van der Waals surface area contributed by atoms with Crippen LogP contribution >= 0.6 is 0 Å². The molecule has 0 spiro atoms. The van der Waals surface area contributed by atoms with Gasteiger partial charge in [0.15, 0.2) is 0 Å². The molecule has 0 saturated carbocycles. The van der Waals surface area contributed by atoms with Crippen molar-refractivity contribution in [1.82, 2.24) is 0 Å². The molecular formula is C5H10O6S. The highest BCUT2D eigenvalue weighted by molar-refractivity contribution is 7.81. The maximum Gasteiger partial charge on any atom is 0.399 e. The van der Waals surface area contributed by atoms with Gasteiger partial charge < -0.3 is 5.11 Å². The first-order valence-corrected chi connectivity index (χ1v) is 3.94. The van der Waals surface area contributed by atoms with Crippen LogP contribution in [-0.4, -0.2) is 33.7 Å². The van der Waals surface area contributed by atoms with Crippen LogP contribution in [0, 0.1) is 0 Å². The van der Waals surface area contributed by atoms with E-state index in [1.165, 1.54) is 0 Å². The summed E-state index contributed by atoms with van der Waals surface area (Å²) < 4.78 is 27.5. The highest BCUT2D eigenvalue weighted by Crippen LogP contribution is 1.85. The maximum absolute atomic E-state index is 9.92. The molecule has 0 heterocycles. The smallest absolute Gasteiger partial charge is 0.399 e. The lowest BCUT2D eigenvalue weighted by molar-refractivity contribution is -0.131. The molecule has 0 amide bonds. The first-order valence-electron chi connectivity index (χ1n) is 2.61. The zero-order valence-electron chi connectivity index (χ0n) is 6.68. The van der Waals surface area contributed by atoms with E-state index in [2.05, 4.69) is 14.9 Å². The predicted octanol–water partition coefficient (Wildman–Crippen LogP) is -0.219. The Morgan fingerprint density at radius 1 is 1.42 bits per heavy atom. The molecule has 0 aliphatic rings. The van der Waals surface area contributed by atoms with Crippen molar-refractivity contribution in [3.05, 3.63) is 12.7 Å². The van der Waals surface area contributed by atoms with Crippen LogP contribution < -0.4 is 0 Å². The second kappa shape index (κ2) is 6.77. The minimum absolute atomic E-state index is 0.833. The van der Waals surface area contributed by atoms with E-state index in [-0.39, 0.29) is 0 Å². The Balaban J connectivity index is 0. The summed E-state index contributed by atoms with van der Waals surface area (Å²) in [6.07, 6.45) is 0.833. The number of carbonyl (C=O) groups is 1. The summed E-state index contributed by atoms with van der Waals surface area (Å²) in [6, 6.07) is 0. The third-order valence-corrected chi connectivity index (χ3v) is 1.40. The molecule has 0 aromatic rings. The van der Waals surface area contributed by atoms with Gasteiger partial charge in [0.1, 0.15) is 0 Å². The number of hydrogen-bond donors (Lipinski definition) is 1. The Morgan fingerprint density at radius 3 is 1.67 bits per heavy atom. The third kappa shape index (κ3) is 11.8. The second-order valence-corrected chi connectivity index (χ2v) is 2.77. The summed E-state index contributed by atoms with van der Waals surface area (Å²) in [5.74, 6) is -0.981. The topological polar surface area (TPSA) is 89.9 Å². The summed E-state index contributed by atoms with van der Waals surface area (Å²) in [5, 5.41) is 7.60. The monoisotopic (exact) mass is 198 g/mol. The molecule has 7 heteroatoms. The Labute approximate surface area is 70.7 Å². The second-order valence-electron chi connectivity index (χ2n) is 1.28. The van der Waals surface area contributed by atoms with Crippen molar-refractivity contribution in [1.29, 1.82) is 0 Å². The molecule has 0 rings (SSSR count). The fourth-order valence-corrected chi connectivity index (χ4v) is 0.204. The number of carboxylic acids is 1. The predicted molar refractivity (Wildman–Crippen MR) is 40.8 cm³/mol. The van der Waals surface area contributed by atoms with E-state index < -0.39 is 16.4 Å². The van der Waals surface area contributed by atoms with Crippen LogP contribution in [0.2, 0.25) is 0 Å². The summed E-state index contributed by atoms with van der Waals surface area (Å²) >= 11 is 0. The molecule has 0 aromatic carbocycles. The van der Waals surface area contributed by atoms with E-state index in [4.69, 9.17) is 5.11 Å². The minimum atomic E-state index is -3.66. The standard InChI is InChI=1S/C3H4O2.C2H6O4S/c1-2-3(4)5;1-5-7(3,4)6-2/h2H,1H2,(H,4,5);1-2H3. The van der Waals surface area contributed by atoms with Crippen LogP contribution in [0.1, 0.15) is 0 Å². The first kappa shape index (κ1) is 13.7. The molecule has 0 saturated heterocycles. The average Bonchev–Trinajstić information content (AvgIpc) is 2.05. The SMILES string of the molecule is C=CC(=O)O.COS(=O)(=O)OC. The van der Waals surface area contributed by atoms with Crippen molar-refractivity contribution < 1.29 is 26.7 Å². The van der Waals surface area contributed by atoms with Crippen LogP contribution in [0.25, 0.3) is 0 Å². The van der Waals surface area contributed by atoms with Gasteiger partial charge in [-0.3, -0.25) is 8.37 Å². The van der Waals surface area contributed by atoms with E-state index >= 15 is 0 Å². The summed E-state index contributed by atoms with van der Waals surface area (Å²) in [5.41, 5.74) is 0. The fourth-order valence-electron chi connectivity index (χ4n) is 0.0680. The Bertz CT molecular complexity index is 218. The van der Waals surface area contributed by atoms with Gasteiger partial charge in [-0.25, -0.2) is 4.79 Å². The highest BCUT2D eigenvalue weighted by atomic mass is 32.3. The van der Waals surface area contributed by atoms with E-state index in [0.29, 0.717) is 0 Å². The van der Waals surface area contributed by atoms with Gasteiger partial charge in [-0.1, -0.05) is 6.58 Å². The normalized spacial score (nSPS) is 9.50. The molecule has 0 aliphatic heterocycles. The van der Waals surface area contributed by atoms with Crippen LogP contribution in [0.3, 0.4) is 0 Å². The van der Waals surface area contributed by atoms with Gasteiger partial charge in [0, 0.05) is 6.08 Å². The van der Waals surface area contributed by atoms with Crippen LogP contribution in [0.15, 0.2) is 12.7 Å².